The van der Waals surface area contributed by atoms with E-state index >= 15 is 0 Å². The summed E-state index contributed by atoms with van der Waals surface area (Å²) in [7, 11) is 0. The van der Waals surface area contributed by atoms with Gasteiger partial charge in [0.15, 0.2) is 6.10 Å². The average molecular weight is 587 g/mol. The lowest BCUT2D eigenvalue weighted by molar-refractivity contribution is -0.338. The molecule has 0 radical (unpaired) electrons. The summed E-state index contributed by atoms with van der Waals surface area (Å²) < 4.78 is 27.9. The van der Waals surface area contributed by atoms with Crippen molar-refractivity contribution in [2.75, 3.05) is 13.2 Å². The molecule has 2 aromatic rings. The molecule has 0 aromatic heterocycles. The molecule has 5 rings (SSSR count). The smallest absolute Gasteiger partial charge is 0.343 e. The summed E-state index contributed by atoms with van der Waals surface area (Å²) in [5, 5.41) is 61.9. The van der Waals surface area contributed by atoms with E-state index < -0.39 is 72.8 Å². The highest BCUT2D eigenvalue weighted by Gasteiger charge is 2.50. The van der Waals surface area contributed by atoms with Crippen LogP contribution in [0.1, 0.15) is 16.8 Å². The maximum absolute atomic E-state index is 13.5. The molecule has 8 atom stereocenters. The number of phenolic OH excluding ortho intramolecular Hbond substituents is 3. The number of aliphatic hydroxyl groups is 3. The Kier molecular flexibility index (Phi) is 8.38. The highest BCUT2D eigenvalue weighted by Crippen LogP contribution is 2.40. The van der Waals surface area contributed by atoms with Crippen LogP contribution in [-0.4, -0.2) is 92.8 Å². The van der Waals surface area contributed by atoms with Gasteiger partial charge in [0.2, 0.25) is 12.6 Å². The number of phenols is 3. The van der Waals surface area contributed by atoms with Crippen molar-refractivity contribution < 1.29 is 63.9 Å². The normalized spacial score (nSPS) is 30.7. The van der Waals surface area contributed by atoms with Gasteiger partial charge >= 0.3 is 11.9 Å². The van der Waals surface area contributed by atoms with Gasteiger partial charge in [-0.3, -0.25) is 0 Å². The second kappa shape index (κ2) is 12.0. The van der Waals surface area contributed by atoms with Gasteiger partial charge in [0.05, 0.1) is 25.0 Å². The quantitative estimate of drug-likeness (QED) is 0.199. The van der Waals surface area contributed by atoms with E-state index in [0.29, 0.717) is 12.0 Å². The first-order valence-corrected chi connectivity index (χ1v) is 13.1. The van der Waals surface area contributed by atoms with Crippen LogP contribution in [0.15, 0.2) is 60.9 Å². The maximum Gasteiger partial charge on any atom is 0.343 e. The Morgan fingerprint density at radius 3 is 2.57 bits per heavy atom. The molecule has 0 saturated carbocycles. The van der Waals surface area contributed by atoms with Crippen LogP contribution in [0.3, 0.4) is 0 Å². The Morgan fingerprint density at radius 2 is 1.86 bits per heavy atom. The van der Waals surface area contributed by atoms with Crippen molar-refractivity contribution in [3.8, 4) is 28.4 Å². The zero-order chi connectivity index (χ0) is 30.1. The van der Waals surface area contributed by atoms with Crippen molar-refractivity contribution in [2.24, 2.45) is 11.8 Å². The lowest BCUT2D eigenvalue weighted by Gasteiger charge is -2.44. The zero-order valence-electron chi connectivity index (χ0n) is 22.1. The summed E-state index contributed by atoms with van der Waals surface area (Å²) >= 11 is 0. The Bertz CT molecular complexity index is 1390. The van der Waals surface area contributed by atoms with Crippen molar-refractivity contribution in [1.29, 1.82) is 0 Å². The molecular formula is C29H30O13. The van der Waals surface area contributed by atoms with Crippen molar-refractivity contribution in [2.45, 2.75) is 43.4 Å². The van der Waals surface area contributed by atoms with Crippen LogP contribution in [0.4, 0.5) is 0 Å². The summed E-state index contributed by atoms with van der Waals surface area (Å²) in [5.41, 5.74) is 0.119. The number of rotatable bonds is 7. The van der Waals surface area contributed by atoms with Crippen LogP contribution in [0, 0.1) is 11.8 Å². The van der Waals surface area contributed by atoms with Crippen molar-refractivity contribution in [1.82, 2.24) is 0 Å². The molecule has 13 nitrogen and oxygen atoms in total. The fourth-order valence-electron chi connectivity index (χ4n) is 5.36. The van der Waals surface area contributed by atoms with Gasteiger partial charge in [0, 0.05) is 23.5 Å². The van der Waals surface area contributed by atoms with Gasteiger partial charge in [-0.15, -0.1) is 6.58 Å². The molecule has 2 aromatic carbocycles. The van der Waals surface area contributed by atoms with Gasteiger partial charge in [-0.25, -0.2) is 9.59 Å². The molecule has 0 unspecified atom stereocenters. The number of aliphatic hydroxyl groups excluding tert-OH is 3. The van der Waals surface area contributed by atoms with E-state index in [0.717, 1.165) is 6.07 Å². The minimum atomic E-state index is -1.82. The summed E-state index contributed by atoms with van der Waals surface area (Å²) in [6, 6.07) is 7.77. The largest absolute Gasteiger partial charge is 0.508 e. The maximum atomic E-state index is 13.5. The van der Waals surface area contributed by atoms with E-state index in [1.807, 2.05) is 0 Å². The second-order valence-corrected chi connectivity index (χ2v) is 10.1. The van der Waals surface area contributed by atoms with Gasteiger partial charge in [0.1, 0.15) is 41.1 Å². The SMILES string of the molecule is C=C[C@@H]1[C@H](O[C@@H]2O[C@H](CO)[C@H](O)[C@H](O)[C@H]2OC(=O)c2c(O)cc(O)cc2-c2cccc(O)c2)OC=C2C(=O)OCC[C@H]21. The number of carbonyl (C=O) groups excluding carboxylic acids is 2. The third-order valence-corrected chi connectivity index (χ3v) is 7.48. The fourth-order valence-corrected chi connectivity index (χ4v) is 5.36. The minimum absolute atomic E-state index is 0.00458. The molecule has 3 aliphatic heterocycles. The van der Waals surface area contributed by atoms with E-state index in [1.165, 1.54) is 42.7 Å². The lowest BCUT2D eigenvalue weighted by atomic mass is 9.81. The van der Waals surface area contributed by atoms with Crippen LogP contribution in [-0.2, 0) is 28.5 Å². The molecule has 2 saturated heterocycles. The first-order valence-electron chi connectivity index (χ1n) is 13.1. The fraction of sp³-hybridized carbons (Fsp3) is 0.379. The van der Waals surface area contributed by atoms with Gasteiger partial charge in [-0.2, -0.15) is 0 Å². The van der Waals surface area contributed by atoms with Gasteiger partial charge in [-0.1, -0.05) is 18.2 Å². The number of cyclic esters (lactones) is 1. The molecule has 3 heterocycles. The number of esters is 2. The molecule has 0 amide bonds. The number of aromatic hydroxyl groups is 3. The highest BCUT2D eigenvalue weighted by molar-refractivity contribution is 6.00. The van der Waals surface area contributed by atoms with Crippen molar-refractivity contribution >= 4 is 11.9 Å². The molecule has 6 N–H and O–H groups in total. The number of carbonyl (C=O) groups is 2. The molecule has 224 valence electrons. The highest BCUT2D eigenvalue weighted by atomic mass is 16.8. The molecule has 0 spiro atoms. The molecule has 2 fully saturated rings. The van der Waals surface area contributed by atoms with Crippen LogP contribution in [0.25, 0.3) is 11.1 Å². The third-order valence-electron chi connectivity index (χ3n) is 7.48. The number of hydrogen-bond acceptors (Lipinski definition) is 13. The first-order chi connectivity index (χ1) is 20.1. The lowest BCUT2D eigenvalue weighted by Crippen LogP contribution is -2.61. The predicted octanol–water partition coefficient (Wildman–Crippen LogP) is 1.06. The number of fused-ring (bicyclic) bond motifs is 1. The Morgan fingerprint density at radius 1 is 1.07 bits per heavy atom. The Balaban J connectivity index is 1.46. The number of ether oxygens (including phenoxy) is 5. The number of benzene rings is 2. The van der Waals surface area contributed by atoms with Gasteiger partial charge < -0.3 is 54.3 Å². The standard InChI is InChI=1S/C29H30O13/c1-2-16-17-6-7-38-26(36)19(17)12-39-28(16)42-29-25(24(35)23(34)21(11-30)40-29)41-27(37)22-18(9-15(32)10-20(22)33)13-4-3-5-14(31)8-13/h2-5,8-10,12,16-17,21,23-25,28-35H,1,6-7,11H2/t16-,17-,21+,23-,24-,25+,28-,29-/m0/s1. The molecule has 42 heavy (non-hydrogen) atoms. The molecule has 3 aliphatic rings. The van der Waals surface area contributed by atoms with Crippen LogP contribution in [0.2, 0.25) is 0 Å². The van der Waals surface area contributed by atoms with Crippen molar-refractivity contribution in [3.05, 3.63) is 66.5 Å². The van der Waals surface area contributed by atoms with E-state index in [-0.39, 0.29) is 35.2 Å². The summed E-state index contributed by atoms with van der Waals surface area (Å²) in [6.45, 7) is 3.27. The van der Waals surface area contributed by atoms with Gasteiger partial charge in [0.25, 0.3) is 0 Å². The number of hydrogen-bond donors (Lipinski definition) is 6. The van der Waals surface area contributed by atoms with E-state index in [9.17, 15) is 40.2 Å². The Labute approximate surface area is 239 Å². The van der Waals surface area contributed by atoms with Crippen LogP contribution < -0.4 is 0 Å². The van der Waals surface area contributed by atoms with E-state index in [1.54, 1.807) is 0 Å². The zero-order valence-corrected chi connectivity index (χ0v) is 22.1. The van der Waals surface area contributed by atoms with E-state index in [4.69, 9.17) is 23.7 Å². The second-order valence-electron chi connectivity index (χ2n) is 10.1. The minimum Gasteiger partial charge on any atom is -0.508 e. The Hall–Kier alpha value is -4.14. The van der Waals surface area contributed by atoms with Gasteiger partial charge in [-0.05, 0) is 30.2 Å². The summed E-state index contributed by atoms with van der Waals surface area (Å²) in [5.74, 6) is -3.88. The average Bonchev–Trinajstić information content (AvgIpc) is 2.96. The molecular weight excluding hydrogens is 556 g/mol. The molecule has 0 aliphatic carbocycles. The first kappa shape index (κ1) is 29.4. The third kappa shape index (κ3) is 5.52. The predicted molar refractivity (Wildman–Crippen MR) is 141 cm³/mol. The monoisotopic (exact) mass is 586 g/mol. The summed E-state index contributed by atoms with van der Waals surface area (Å²) in [6.07, 6.45) is -6.13. The molecule has 0 bridgehead atoms. The van der Waals surface area contributed by atoms with Crippen LogP contribution in [0.5, 0.6) is 17.2 Å². The summed E-state index contributed by atoms with van der Waals surface area (Å²) in [4.78, 5) is 25.7. The molecule has 13 heteroatoms. The van der Waals surface area contributed by atoms with E-state index in [2.05, 4.69) is 6.58 Å². The van der Waals surface area contributed by atoms with Crippen LogP contribution >= 0.6 is 0 Å². The van der Waals surface area contributed by atoms with Crippen molar-refractivity contribution in [3.63, 3.8) is 0 Å². The topological polar surface area (TPSA) is 202 Å².